The van der Waals surface area contributed by atoms with Gasteiger partial charge in [-0.15, -0.1) is 11.3 Å². The Kier molecular flexibility index (Phi) is 4.68. The SMILES string of the molecule is O=C(Nc1ccccc1C(F)(F)F)c1cc2sccc2n1Cc1ccccc1. The zero-order valence-corrected chi connectivity index (χ0v) is 15.3. The molecule has 7 heteroatoms. The van der Waals surface area contributed by atoms with E-state index in [2.05, 4.69) is 5.32 Å². The molecule has 0 spiro atoms. The molecule has 142 valence electrons. The molecule has 0 saturated heterocycles. The molecule has 2 aromatic heterocycles. The number of hydrogen-bond acceptors (Lipinski definition) is 2. The van der Waals surface area contributed by atoms with Crippen LogP contribution in [-0.2, 0) is 12.7 Å². The number of para-hydroxylation sites is 1. The van der Waals surface area contributed by atoms with Gasteiger partial charge in [-0.05, 0) is 35.2 Å². The fourth-order valence-electron chi connectivity index (χ4n) is 3.13. The molecular formula is C21H15F3N2OS. The highest BCUT2D eigenvalue weighted by atomic mass is 32.1. The molecule has 0 aliphatic rings. The molecule has 0 bridgehead atoms. The maximum atomic E-state index is 13.2. The lowest BCUT2D eigenvalue weighted by atomic mass is 10.1. The van der Waals surface area contributed by atoms with E-state index in [1.165, 1.54) is 29.5 Å². The van der Waals surface area contributed by atoms with E-state index < -0.39 is 17.6 Å². The van der Waals surface area contributed by atoms with Gasteiger partial charge in [-0.3, -0.25) is 4.79 Å². The number of thiophene rings is 1. The van der Waals surface area contributed by atoms with E-state index in [0.717, 1.165) is 21.8 Å². The zero-order valence-electron chi connectivity index (χ0n) is 14.5. The molecule has 0 aliphatic heterocycles. The third-order valence-corrected chi connectivity index (χ3v) is 5.27. The normalized spacial score (nSPS) is 11.7. The summed E-state index contributed by atoms with van der Waals surface area (Å²) in [6.45, 7) is 0.449. The van der Waals surface area contributed by atoms with Gasteiger partial charge in [0.05, 0.1) is 21.5 Å². The molecule has 0 unspecified atom stereocenters. The Morgan fingerprint density at radius 2 is 1.71 bits per heavy atom. The number of aromatic nitrogens is 1. The number of anilines is 1. The second-order valence-corrected chi connectivity index (χ2v) is 7.22. The third kappa shape index (κ3) is 3.53. The smallest absolute Gasteiger partial charge is 0.331 e. The number of halogens is 3. The van der Waals surface area contributed by atoms with E-state index in [-0.39, 0.29) is 5.69 Å². The Bertz CT molecular complexity index is 1130. The summed E-state index contributed by atoms with van der Waals surface area (Å²) in [5, 5.41) is 4.36. The van der Waals surface area contributed by atoms with Crippen molar-refractivity contribution in [3.8, 4) is 0 Å². The topological polar surface area (TPSA) is 34.0 Å². The van der Waals surface area contributed by atoms with Gasteiger partial charge in [0.2, 0.25) is 0 Å². The Balaban J connectivity index is 1.71. The van der Waals surface area contributed by atoms with Gasteiger partial charge in [-0.2, -0.15) is 13.2 Å². The van der Waals surface area contributed by atoms with Crippen LogP contribution in [0, 0.1) is 0 Å². The van der Waals surface area contributed by atoms with Crippen molar-refractivity contribution in [2.24, 2.45) is 0 Å². The second kappa shape index (κ2) is 7.16. The largest absolute Gasteiger partial charge is 0.418 e. The number of hydrogen-bond donors (Lipinski definition) is 1. The maximum absolute atomic E-state index is 13.2. The van der Waals surface area contributed by atoms with Crippen molar-refractivity contribution in [1.82, 2.24) is 4.57 Å². The Labute approximate surface area is 163 Å². The third-order valence-electron chi connectivity index (χ3n) is 4.42. The zero-order chi connectivity index (χ0) is 19.7. The van der Waals surface area contributed by atoms with Gasteiger partial charge >= 0.3 is 6.18 Å². The van der Waals surface area contributed by atoms with Gasteiger partial charge in [0.1, 0.15) is 5.69 Å². The number of alkyl halides is 3. The fraction of sp³-hybridized carbons (Fsp3) is 0.0952. The number of benzene rings is 2. The average Bonchev–Trinajstić information content (AvgIpc) is 3.25. The lowest BCUT2D eigenvalue weighted by Gasteiger charge is -2.15. The number of fused-ring (bicyclic) bond motifs is 1. The summed E-state index contributed by atoms with van der Waals surface area (Å²) in [6, 6.07) is 18.2. The summed E-state index contributed by atoms with van der Waals surface area (Å²) in [6.07, 6.45) is -4.55. The van der Waals surface area contributed by atoms with Crippen molar-refractivity contribution < 1.29 is 18.0 Å². The van der Waals surface area contributed by atoms with Crippen molar-refractivity contribution in [3.63, 3.8) is 0 Å². The van der Waals surface area contributed by atoms with E-state index >= 15 is 0 Å². The first-order valence-corrected chi connectivity index (χ1v) is 9.39. The Hall–Kier alpha value is -3.06. The number of amides is 1. The van der Waals surface area contributed by atoms with Gasteiger partial charge in [-0.25, -0.2) is 0 Å². The van der Waals surface area contributed by atoms with Crippen LogP contribution in [0.2, 0.25) is 0 Å². The first-order valence-electron chi connectivity index (χ1n) is 8.52. The van der Waals surface area contributed by atoms with Crippen molar-refractivity contribution in [1.29, 1.82) is 0 Å². The van der Waals surface area contributed by atoms with Crippen LogP contribution in [0.5, 0.6) is 0 Å². The highest BCUT2D eigenvalue weighted by Crippen LogP contribution is 2.35. The fourth-order valence-corrected chi connectivity index (χ4v) is 3.95. The average molecular weight is 400 g/mol. The Morgan fingerprint density at radius 3 is 2.46 bits per heavy atom. The molecule has 0 aliphatic carbocycles. The van der Waals surface area contributed by atoms with E-state index in [1.807, 2.05) is 46.3 Å². The molecule has 1 amide bonds. The van der Waals surface area contributed by atoms with Crippen LogP contribution < -0.4 is 5.32 Å². The molecule has 28 heavy (non-hydrogen) atoms. The van der Waals surface area contributed by atoms with Gasteiger partial charge in [0.15, 0.2) is 0 Å². The molecule has 0 radical (unpaired) electrons. The van der Waals surface area contributed by atoms with E-state index in [9.17, 15) is 18.0 Å². The monoisotopic (exact) mass is 400 g/mol. The summed E-state index contributed by atoms with van der Waals surface area (Å²) < 4.78 is 42.4. The molecular weight excluding hydrogens is 385 g/mol. The molecule has 3 nitrogen and oxygen atoms in total. The van der Waals surface area contributed by atoms with Gasteiger partial charge in [-0.1, -0.05) is 42.5 Å². The van der Waals surface area contributed by atoms with Gasteiger partial charge in [0, 0.05) is 6.54 Å². The van der Waals surface area contributed by atoms with E-state index in [4.69, 9.17) is 0 Å². The van der Waals surface area contributed by atoms with Gasteiger partial charge < -0.3 is 9.88 Å². The minimum Gasteiger partial charge on any atom is -0.331 e. The maximum Gasteiger partial charge on any atom is 0.418 e. The Morgan fingerprint density at radius 1 is 1.00 bits per heavy atom. The molecule has 1 N–H and O–H groups in total. The van der Waals surface area contributed by atoms with Crippen molar-refractivity contribution in [2.45, 2.75) is 12.7 Å². The second-order valence-electron chi connectivity index (χ2n) is 6.27. The highest BCUT2D eigenvalue weighted by Gasteiger charge is 2.33. The van der Waals surface area contributed by atoms with E-state index in [1.54, 1.807) is 6.07 Å². The standard InChI is InChI=1S/C21H15F3N2OS/c22-21(23,24)15-8-4-5-9-16(15)25-20(27)18-12-19-17(10-11-28-19)26(18)13-14-6-2-1-3-7-14/h1-12H,13H2,(H,25,27). The molecule has 2 heterocycles. The molecule has 2 aromatic carbocycles. The van der Waals surface area contributed by atoms with Crippen molar-refractivity contribution in [3.05, 3.63) is 88.9 Å². The molecule has 0 fully saturated rings. The molecule has 0 saturated carbocycles. The predicted octanol–water partition coefficient (Wildman–Crippen LogP) is 6.02. The van der Waals surface area contributed by atoms with Crippen molar-refractivity contribution in [2.75, 3.05) is 5.32 Å². The minimum atomic E-state index is -4.55. The quantitative estimate of drug-likeness (QED) is 0.446. The predicted molar refractivity (Wildman–Crippen MR) is 105 cm³/mol. The first-order chi connectivity index (χ1) is 13.4. The van der Waals surface area contributed by atoms with Crippen LogP contribution in [-0.4, -0.2) is 10.5 Å². The van der Waals surface area contributed by atoms with Crippen LogP contribution in [0.1, 0.15) is 21.6 Å². The summed E-state index contributed by atoms with van der Waals surface area (Å²) in [5.41, 5.74) is 1.07. The van der Waals surface area contributed by atoms with Crippen LogP contribution in [0.3, 0.4) is 0 Å². The molecule has 4 aromatic rings. The van der Waals surface area contributed by atoms with Crippen LogP contribution >= 0.6 is 11.3 Å². The minimum absolute atomic E-state index is 0.254. The molecule has 0 atom stereocenters. The number of carbonyl (C=O) groups excluding carboxylic acids is 1. The van der Waals surface area contributed by atoms with E-state index in [0.29, 0.717) is 12.2 Å². The van der Waals surface area contributed by atoms with Gasteiger partial charge in [0.25, 0.3) is 5.91 Å². The number of nitrogens with zero attached hydrogens (tertiary/aromatic N) is 1. The summed E-state index contributed by atoms with van der Waals surface area (Å²) in [7, 11) is 0. The van der Waals surface area contributed by atoms with Crippen LogP contribution in [0.25, 0.3) is 10.2 Å². The first kappa shape index (κ1) is 18.3. The van der Waals surface area contributed by atoms with Crippen LogP contribution in [0.15, 0.2) is 72.1 Å². The van der Waals surface area contributed by atoms with Crippen LogP contribution in [0.4, 0.5) is 18.9 Å². The number of carbonyl (C=O) groups is 1. The summed E-state index contributed by atoms with van der Waals surface area (Å²) >= 11 is 1.48. The molecule has 4 rings (SSSR count). The number of nitrogens with one attached hydrogen (secondary N) is 1. The number of rotatable bonds is 4. The summed E-state index contributed by atoms with van der Waals surface area (Å²) in [5.74, 6) is -0.573. The summed E-state index contributed by atoms with van der Waals surface area (Å²) in [4.78, 5) is 12.9. The highest BCUT2D eigenvalue weighted by molar-refractivity contribution is 7.17. The van der Waals surface area contributed by atoms with Crippen molar-refractivity contribution >= 4 is 33.1 Å². The lowest BCUT2D eigenvalue weighted by Crippen LogP contribution is -2.20. The lowest BCUT2D eigenvalue weighted by molar-refractivity contribution is -0.136.